The van der Waals surface area contributed by atoms with Crippen LogP contribution >= 0.6 is 11.8 Å². The number of amides is 1. The normalized spacial score (nSPS) is 20.2. The summed E-state index contributed by atoms with van der Waals surface area (Å²) in [5, 5.41) is 12.4. The number of hydrogen-bond acceptors (Lipinski definition) is 3. The van der Waals surface area contributed by atoms with Gasteiger partial charge in [-0.05, 0) is 31.0 Å². The Morgan fingerprint density at radius 3 is 2.71 bits per heavy atom. The number of aliphatic hydroxyl groups excluding tert-OH is 1. The molecule has 2 atom stereocenters. The van der Waals surface area contributed by atoms with Gasteiger partial charge < -0.3 is 10.4 Å². The highest BCUT2D eigenvalue weighted by Gasteiger charge is 2.30. The molecule has 0 radical (unpaired) electrons. The fourth-order valence-electron chi connectivity index (χ4n) is 1.28. The third-order valence-corrected chi connectivity index (χ3v) is 2.59. The first-order valence-corrected chi connectivity index (χ1v) is 5.41. The molecule has 1 aliphatic carbocycles. The Hall–Kier alpha value is -0.320. The molecule has 0 saturated heterocycles. The third-order valence-electron chi connectivity index (χ3n) is 2.31. The summed E-state index contributed by atoms with van der Waals surface area (Å²) in [5.74, 6) is -0.320. The van der Waals surface area contributed by atoms with Gasteiger partial charge in [0, 0.05) is 6.04 Å². The van der Waals surface area contributed by atoms with Gasteiger partial charge in [0.2, 0.25) is 0 Å². The van der Waals surface area contributed by atoms with Crippen LogP contribution in [0.5, 0.6) is 0 Å². The Kier molecular flexibility index (Phi) is 4.65. The Morgan fingerprint density at radius 2 is 2.29 bits per heavy atom. The average molecular weight is 221 g/mol. The summed E-state index contributed by atoms with van der Waals surface area (Å²) in [6, 6.07) is -0.0878. The van der Waals surface area contributed by atoms with Gasteiger partial charge >= 0.3 is 0 Å². The van der Waals surface area contributed by atoms with Crippen molar-refractivity contribution in [1.29, 1.82) is 0 Å². The maximum Gasteiger partial charge on any atom is 0.250 e. The Morgan fingerprint density at radius 1 is 1.64 bits per heavy atom. The molecule has 1 saturated carbocycles. The molecule has 0 aromatic rings. The van der Waals surface area contributed by atoms with Crippen LogP contribution in [0.2, 0.25) is 0 Å². The van der Waals surface area contributed by atoms with Crippen molar-refractivity contribution < 1.29 is 9.90 Å². The van der Waals surface area contributed by atoms with Crippen molar-refractivity contribution >= 4 is 17.7 Å². The van der Waals surface area contributed by atoms with Gasteiger partial charge in [0.15, 0.2) is 0 Å². The van der Waals surface area contributed by atoms with Crippen LogP contribution in [0, 0.1) is 0 Å². The van der Waals surface area contributed by atoms with Crippen LogP contribution in [-0.2, 0) is 4.79 Å². The summed E-state index contributed by atoms with van der Waals surface area (Å²) in [7, 11) is 0. The standard InChI is InChI=1S/C9H17ClN2O2/c1-2-3-7(12-10)8(13)9(14)11-6-4-5-6/h6-8,12-13H,2-5H2,1H3,(H,11,14)/t7-,8?/m0/s1. The number of carbonyl (C=O) groups excluding carboxylic acids is 1. The number of hydrogen-bond donors (Lipinski definition) is 3. The van der Waals surface area contributed by atoms with Crippen molar-refractivity contribution in [2.24, 2.45) is 0 Å². The summed E-state index contributed by atoms with van der Waals surface area (Å²) in [5.41, 5.74) is 0. The summed E-state index contributed by atoms with van der Waals surface area (Å²) >= 11 is 5.45. The summed E-state index contributed by atoms with van der Waals surface area (Å²) in [6.45, 7) is 1.98. The summed E-state index contributed by atoms with van der Waals surface area (Å²) in [4.78, 5) is 13.8. The number of carbonyl (C=O) groups is 1. The van der Waals surface area contributed by atoms with Crippen LogP contribution in [0.1, 0.15) is 32.6 Å². The monoisotopic (exact) mass is 220 g/mol. The van der Waals surface area contributed by atoms with E-state index in [2.05, 4.69) is 10.2 Å². The molecule has 1 aliphatic rings. The van der Waals surface area contributed by atoms with Crippen molar-refractivity contribution in [2.45, 2.75) is 50.8 Å². The lowest BCUT2D eigenvalue weighted by atomic mass is 10.1. The molecule has 1 amide bonds. The first-order chi connectivity index (χ1) is 6.69. The maximum absolute atomic E-state index is 11.4. The zero-order valence-corrected chi connectivity index (χ0v) is 9.05. The number of halogens is 1. The van der Waals surface area contributed by atoms with Crippen molar-refractivity contribution in [3.8, 4) is 0 Å². The summed E-state index contributed by atoms with van der Waals surface area (Å²) in [6.07, 6.45) is 2.55. The molecule has 1 fully saturated rings. The van der Waals surface area contributed by atoms with Gasteiger partial charge in [-0.15, -0.1) is 0 Å². The molecular weight excluding hydrogens is 204 g/mol. The van der Waals surface area contributed by atoms with E-state index < -0.39 is 6.10 Å². The summed E-state index contributed by atoms with van der Waals surface area (Å²) < 4.78 is 0. The molecule has 0 aromatic carbocycles. The molecule has 1 unspecified atom stereocenters. The number of nitrogens with one attached hydrogen (secondary N) is 2. The van der Waals surface area contributed by atoms with Crippen LogP contribution in [0.4, 0.5) is 0 Å². The van der Waals surface area contributed by atoms with E-state index in [1.54, 1.807) is 0 Å². The van der Waals surface area contributed by atoms with Crippen molar-refractivity contribution in [3.63, 3.8) is 0 Å². The molecule has 0 heterocycles. The van der Waals surface area contributed by atoms with E-state index in [1.165, 1.54) is 0 Å². The van der Waals surface area contributed by atoms with E-state index in [4.69, 9.17) is 11.8 Å². The predicted octanol–water partition coefficient (Wildman–Crippen LogP) is 0.538. The average Bonchev–Trinajstić information content (AvgIpc) is 2.96. The van der Waals surface area contributed by atoms with Gasteiger partial charge in [0.25, 0.3) is 5.91 Å². The van der Waals surface area contributed by atoms with Crippen molar-refractivity contribution in [3.05, 3.63) is 0 Å². The Labute approximate surface area is 89.1 Å². The quantitative estimate of drug-likeness (QED) is 0.573. The van der Waals surface area contributed by atoms with Gasteiger partial charge in [-0.1, -0.05) is 13.3 Å². The van der Waals surface area contributed by atoms with Crippen LogP contribution in [0.3, 0.4) is 0 Å². The van der Waals surface area contributed by atoms with E-state index in [0.29, 0.717) is 6.42 Å². The minimum absolute atomic E-state index is 0.273. The molecule has 82 valence electrons. The molecule has 0 aromatic heterocycles. The van der Waals surface area contributed by atoms with Crippen LogP contribution in [0.15, 0.2) is 0 Å². The second-order valence-electron chi connectivity index (χ2n) is 3.73. The molecule has 3 N–H and O–H groups in total. The topological polar surface area (TPSA) is 61.4 Å². The third kappa shape index (κ3) is 3.44. The highest BCUT2D eigenvalue weighted by Crippen LogP contribution is 2.19. The van der Waals surface area contributed by atoms with Crippen LogP contribution < -0.4 is 10.2 Å². The smallest absolute Gasteiger partial charge is 0.250 e. The SMILES string of the molecule is CCC[C@H](NCl)C(O)C(=O)NC1CC1. The first kappa shape index (κ1) is 11.8. The largest absolute Gasteiger partial charge is 0.382 e. The first-order valence-electron chi connectivity index (χ1n) is 5.03. The minimum Gasteiger partial charge on any atom is -0.382 e. The van der Waals surface area contributed by atoms with E-state index in [9.17, 15) is 9.90 Å². The van der Waals surface area contributed by atoms with Crippen molar-refractivity contribution in [1.82, 2.24) is 10.2 Å². The van der Waals surface area contributed by atoms with Gasteiger partial charge in [0.05, 0.1) is 6.04 Å². The number of rotatable bonds is 6. The predicted molar refractivity (Wildman–Crippen MR) is 54.9 cm³/mol. The lowest BCUT2D eigenvalue weighted by Gasteiger charge is -2.19. The van der Waals surface area contributed by atoms with Gasteiger partial charge in [0.1, 0.15) is 6.10 Å². The number of aliphatic hydroxyl groups is 1. The molecule has 0 bridgehead atoms. The zero-order chi connectivity index (χ0) is 10.6. The van der Waals surface area contributed by atoms with Crippen LogP contribution in [0.25, 0.3) is 0 Å². The second-order valence-corrected chi connectivity index (χ2v) is 3.95. The Balaban J connectivity index is 2.34. The zero-order valence-electron chi connectivity index (χ0n) is 8.29. The van der Waals surface area contributed by atoms with Gasteiger partial charge in [-0.2, -0.15) is 0 Å². The molecule has 4 nitrogen and oxygen atoms in total. The molecule has 1 rings (SSSR count). The van der Waals surface area contributed by atoms with E-state index in [1.807, 2.05) is 6.92 Å². The highest BCUT2D eigenvalue weighted by atomic mass is 35.5. The molecule has 5 heteroatoms. The van der Waals surface area contributed by atoms with E-state index >= 15 is 0 Å². The van der Waals surface area contributed by atoms with Gasteiger partial charge in [-0.25, -0.2) is 4.84 Å². The fraction of sp³-hybridized carbons (Fsp3) is 0.889. The maximum atomic E-state index is 11.4. The molecular formula is C9H17ClN2O2. The van der Waals surface area contributed by atoms with E-state index in [0.717, 1.165) is 19.3 Å². The molecule has 14 heavy (non-hydrogen) atoms. The fourth-order valence-corrected chi connectivity index (χ4v) is 1.51. The van der Waals surface area contributed by atoms with Crippen LogP contribution in [-0.4, -0.2) is 29.2 Å². The van der Waals surface area contributed by atoms with Crippen molar-refractivity contribution in [2.75, 3.05) is 0 Å². The lowest BCUT2D eigenvalue weighted by Crippen LogP contribution is -2.46. The van der Waals surface area contributed by atoms with Gasteiger partial charge in [-0.3, -0.25) is 4.79 Å². The minimum atomic E-state index is -1.05. The molecule has 0 aliphatic heterocycles. The highest BCUT2D eigenvalue weighted by molar-refractivity contribution is 6.13. The molecule has 0 spiro atoms. The van der Waals surface area contributed by atoms with E-state index in [-0.39, 0.29) is 18.0 Å². The second kappa shape index (κ2) is 5.53. The Bertz CT molecular complexity index is 197. The lowest BCUT2D eigenvalue weighted by molar-refractivity contribution is -0.130.